The maximum absolute atomic E-state index is 4.31. The molecule has 7 heteroatoms. The number of para-hydroxylation sites is 1. The molecule has 1 aliphatic heterocycles. The number of hydrogen-bond donors (Lipinski definition) is 2. The molecule has 0 amide bonds. The van der Waals surface area contributed by atoms with Gasteiger partial charge in [0.25, 0.3) is 0 Å². The number of nitrogens with one attached hydrogen (secondary N) is 2. The van der Waals surface area contributed by atoms with Gasteiger partial charge in [0.15, 0.2) is 5.96 Å². The van der Waals surface area contributed by atoms with E-state index in [1.54, 1.807) is 6.20 Å². The van der Waals surface area contributed by atoms with Gasteiger partial charge in [-0.2, -0.15) is 5.10 Å². The molecule has 1 aliphatic rings. The van der Waals surface area contributed by atoms with Crippen LogP contribution < -0.4 is 15.5 Å². The molecular formula is C17H25IN6. The summed E-state index contributed by atoms with van der Waals surface area (Å²) in [6.07, 6.45) is 4.88. The summed E-state index contributed by atoms with van der Waals surface area (Å²) in [5, 5.41) is 11.1. The van der Waals surface area contributed by atoms with Crippen molar-refractivity contribution < 1.29 is 0 Å². The average molecular weight is 440 g/mol. The molecule has 0 radical (unpaired) electrons. The number of aromatic nitrogens is 2. The second kappa shape index (κ2) is 9.51. The van der Waals surface area contributed by atoms with Crippen LogP contribution in [-0.2, 0) is 6.54 Å². The van der Waals surface area contributed by atoms with E-state index in [0.717, 1.165) is 38.6 Å². The van der Waals surface area contributed by atoms with Crippen LogP contribution in [0.3, 0.4) is 0 Å². The minimum atomic E-state index is 0. The van der Waals surface area contributed by atoms with Crippen molar-refractivity contribution in [1.82, 2.24) is 20.4 Å². The molecule has 1 saturated heterocycles. The minimum absolute atomic E-state index is 0. The average Bonchev–Trinajstić information content (AvgIpc) is 3.26. The zero-order valence-electron chi connectivity index (χ0n) is 13.9. The number of benzene rings is 1. The quantitative estimate of drug-likeness (QED) is 0.424. The van der Waals surface area contributed by atoms with Crippen molar-refractivity contribution in [3.05, 3.63) is 48.8 Å². The van der Waals surface area contributed by atoms with E-state index in [4.69, 9.17) is 0 Å². The summed E-state index contributed by atoms with van der Waals surface area (Å²) < 4.78 is 1.91. The first-order valence-corrected chi connectivity index (χ1v) is 8.10. The van der Waals surface area contributed by atoms with E-state index in [9.17, 15) is 0 Å². The van der Waals surface area contributed by atoms with Gasteiger partial charge < -0.3 is 15.5 Å². The molecule has 1 unspecified atom stereocenters. The number of aliphatic imine (C=N–C) groups is 1. The highest BCUT2D eigenvalue weighted by Gasteiger charge is 2.23. The van der Waals surface area contributed by atoms with Crippen molar-refractivity contribution in [2.45, 2.75) is 19.0 Å². The normalized spacial score (nSPS) is 17.5. The highest BCUT2D eigenvalue weighted by molar-refractivity contribution is 14.0. The highest BCUT2D eigenvalue weighted by Crippen LogP contribution is 2.19. The number of halogens is 1. The van der Waals surface area contributed by atoms with Gasteiger partial charge in [0.1, 0.15) is 0 Å². The molecule has 3 rings (SSSR count). The Labute approximate surface area is 160 Å². The number of hydrogen-bond acceptors (Lipinski definition) is 3. The lowest BCUT2D eigenvalue weighted by atomic mass is 10.3. The van der Waals surface area contributed by atoms with Crippen molar-refractivity contribution in [2.75, 3.05) is 31.6 Å². The summed E-state index contributed by atoms with van der Waals surface area (Å²) >= 11 is 0. The van der Waals surface area contributed by atoms with Gasteiger partial charge in [-0.05, 0) is 24.6 Å². The van der Waals surface area contributed by atoms with Crippen LogP contribution in [0.5, 0.6) is 0 Å². The van der Waals surface area contributed by atoms with Crippen molar-refractivity contribution in [1.29, 1.82) is 0 Å². The van der Waals surface area contributed by atoms with E-state index in [-0.39, 0.29) is 24.0 Å². The van der Waals surface area contributed by atoms with Crippen molar-refractivity contribution >= 4 is 35.6 Å². The molecule has 130 valence electrons. The molecule has 1 aromatic carbocycles. The molecule has 6 nitrogen and oxygen atoms in total. The van der Waals surface area contributed by atoms with E-state index in [1.807, 2.05) is 24.0 Å². The lowest BCUT2D eigenvalue weighted by Crippen LogP contribution is -2.45. The molecule has 2 N–H and O–H groups in total. The first kappa shape index (κ1) is 18.6. The third-order valence-corrected chi connectivity index (χ3v) is 4.07. The van der Waals surface area contributed by atoms with Crippen molar-refractivity contribution in [3.63, 3.8) is 0 Å². The highest BCUT2D eigenvalue weighted by atomic mass is 127. The number of guanidine groups is 1. The fraction of sp³-hybridized carbons (Fsp3) is 0.412. The molecule has 1 atom stereocenters. The summed E-state index contributed by atoms with van der Waals surface area (Å²) in [6.45, 7) is 3.71. The molecule has 0 spiro atoms. The third-order valence-electron chi connectivity index (χ3n) is 4.07. The molecule has 0 saturated carbocycles. The maximum atomic E-state index is 4.31. The predicted molar refractivity (Wildman–Crippen MR) is 109 cm³/mol. The summed E-state index contributed by atoms with van der Waals surface area (Å²) in [7, 11) is 1.81. The summed E-state index contributed by atoms with van der Waals surface area (Å²) in [4.78, 5) is 6.73. The summed E-state index contributed by atoms with van der Waals surface area (Å²) in [5.41, 5.74) is 1.29. The van der Waals surface area contributed by atoms with E-state index in [0.29, 0.717) is 6.04 Å². The SMILES string of the molecule is CN=C(NCCn1cccn1)NC1CCN(c2ccccc2)C1.I. The summed E-state index contributed by atoms with van der Waals surface area (Å²) in [6, 6.07) is 12.9. The predicted octanol–water partition coefficient (Wildman–Crippen LogP) is 1.94. The molecule has 24 heavy (non-hydrogen) atoms. The van der Waals surface area contributed by atoms with Gasteiger partial charge in [-0.3, -0.25) is 9.67 Å². The lowest BCUT2D eigenvalue weighted by Gasteiger charge is -2.20. The second-order valence-electron chi connectivity index (χ2n) is 5.68. The smallest absolute Gasteiger partial charge is 0.191 e. The Kier molecular flexibility index (Phi) is 7.36. The van der Waals surface area contributed by atoms with Gasteiger partial charge in [0.2, 0.25) is 0 Å². The van der Waals surface area contributed by atoms with Gasteiger partial charge in [-0.15, -0.1) is 24.0 Å². The maximum Gasteiger partial charge on any atom is 0.191 e. The van der Waals surface area contributed by atoms with E-state index in [1.165, 1.54) is 5.69 Å². The Morgan fingerprint density at radius 2 is 2.12 bits per heavy atom. The number of anilines is 1. The molecule has 2 heterocycles. The minimum Gasteiger partial charge on any atom is -0.369 e. The van der Waals surface area contributed by atoms with E-state index >= 15 is 0 Å². The molecular weight excluding hydrogens is 415 g/mol. The zero-order chi connectivity index (χ0) is 15.9. The van der Waals surface area contributed by atoms with Crippen molar-refractivity contribution in [2.24, 2.45) is 4.99 Å². The van der Waals surface area contributed by atoms with Crippen LogP contribution in [0.15, 0.2) is 53.8 Å². The standard InChI is InChI=1S/C17H24N6.HI/c1-18-17(19-10-13-23-11-5-9-20-23)21-15-8-12-22(14-15)16-6-3-2-4-7-16;/h2-7,9,11,15H,8,10,12-14H2,1H3,(H2,18,19,21);1H. The van der Waals surface area contributed by atoms with Crippen LogP contribution in [-0.4, -0.2) is 48.5 Å². The Bertz CT molecular complexity index is 613. The topological polar surface area (TPSA) is 57.5 Å². The molecule has 2 aromatic rings. The molecule has 1 fully saturated rings. The molecule has 0 aliphatic carbocycles. The van der Waals surface area contributed by atoms with Gasteiger partial charge >= 0.3 is 0 Å². The van der Waals surface area contributed by atoms with Crippen molar-refractivity contribution in [3.8, 4) is 0 Å². The zero-order valence-corrected chi connectivity index (χ0v) is 16.3. The Morgan fingerprint density at radius 1 is 1.29 bits per heavy atom. The van der Waals surface area contributed by atoms with Crippen LogP contribution in [0.2, 0.25) is 0 Å². The number of nitrogens with zero attached hydrogens (tertiary/aromatic N) is 4. The second-order valence-corrected chi connectivity index (χ2v) is 5.68. The largest absolute Gasteiger partial charge is 0.369 e. The van der Waals surface area contributed by atoms with Crippen LogP contribution in [0, 0.1) is 0 Å². The Hall–Kier alpha value is -1.77. The summed E-state index contributed by atoms with van der Waals surface area (Å²) in [5.74, 6) is 0.858. The lowest BCUT2D eigenvalue weighted by molar-refractivity contribution is 0.587. The molecule has 0 bridgehead atoms. The number of rotatable bonds is 5. The molecule has 1 aromatic heterocycles. The fourth-order valence-electron chi connectivity index (χ4n) is 2.86. The van der Waals surface area contributed by atoms with Crippen LogP contribution in [0.25, 0.3) is 0 Å². The van der Waals surface area contributed by atoms with Gasteiger partial charge in [0, 0.05) is 50.8 Å². The van der Waals surface area contributed by atoms with E-state index < -0.39 is 0 Å². The monoisotopic (exact) mass is 440 g/mol. The first-order chi connectivity index (χ1) is 11.3. The van der Waals surface area contributed by atoms with Crippen LogP contribution in [0.1, 0.15) is 6.42 Å². The Morgan fingerprint density at radius 3 is 2.83 bits per heavy atom. The van der Waals surface area contributed by atoms with Gasteiger partial charge in [0.05, 0.1) is 6.54 Å². The van der Waals surface area contributed by atoms with Crippen LogP contribution in [0.4, 0.5) is 5.69 Å². The fourth-order valence-corrected chi connectivity index (χ4v) is 2.86. The van der Waals surface area contributed by atoms with Crippen LogP contribution >= 0.6 is 24.0 Å². The van der Waals surface area contributed by atoms with E-state index in [2.05, 4.69) is 56.0 Å². The Balaban J connectivity index is 0.00000208. The first-order valence-electron chi connectivity index (χ1n) is 8.10. The van der Waals surface area contributed by atoms with Gasteiger partial charge in [-0.25, -0.2) is 0 Å². The van der Waals surface area contributed by atoms with Gasteiger partial charge in [-0.1, -0.05) is 18.2 Å². The third kappa shape index (κ3) is 5.12.